The highest BCUT2D eigenvalue weighted by Gasteiger charge is 2.36. The molecule has 0 unspecified atom stereocenters. The number of ether oxygens (including phenoxy) is 1. The molecule has 142 valence electrons. The number of methoxy groups -OCH3 is 1. The van der Waals surface area contributed by atoms with Crippen LogP contribution < -0.4 is 4.74 Å². The molecule has 27 heavy (non-hydrogen) atoms. The van der Waals surface area contributed by atoms with Crippen molar-refractivity contribution in [2.75, 3.05) is 13.7 Å². The second-order valence-electron chi connectivity index (χ2n) is 7.11. The third kappa shape index (κ3) is 3.97. The molecule has 2 aromatic rings. The number of piperazine rings is 1. The molecule has 5 nitrogen and oxygen atoms in total. The van der Waals surface area contributed by atoms with Crippen LogP contribution in [0.15, 0.2) is 42.5 Å². The fourth-order valence-electron chi connectivity index (χ4n) is 3.52. The lowest BCUT2D eigenvalue weighted by atomic mass is 10.0. The average Bonchev–Trinajstić information content (AvgIpc) is 2.65. The van der Waals surface area contributed by atoms with Crippen LogP contribution in [0.1, 0.15) is 29.2 Å². The minimum atomic E-state index is -0.469. The Balaban J connectivity index is 1.74. The van der Waals surface area contributed by atoms with E-state index in [9.17, 15) is 9.59 Å². The first-order chi connectivity index (χ1) is 12.9. The van der Waals surface area contributed by atoms with E-state index in [-0.39, 0.29) is 18.4 Å². The molecule has 1 fully saturated rings. The van der Waals surface area contributed by atoms with Gasteiger partial charge in [0, 0.05) is 13.1 Å². The number of rotatable bonds is 5. The van der Waals surface area contributed by atoms with E-state index in [1.165, 1.54) is 0 Å². The zero-order chi connectivity index (χ0) is 19.6. The minimum Gasteiger partial charge on any atom is -0.497 e. The Hall–Kier alpha value is -2.82. The number of benzene rings is 2. The summed E-state index contributed by atoms with van der Waals surface area (Å²) in [6.45, 7) is 6.91. The van der Waals surface area contributed by atoms with E-state index >= 15 is 0 Å². The molecule has 2 amide bonds. The highest BCUT2D eigenvalue weighted by molar-refractivity contribution is 5.94. The van der Waals surface area contributed by atoms with Crippen molar-refractivity contribution in [2.24, 2.45) is 0 Å². The maximum absolute atomic E-state index is 12.9. The van der Waals surface area contributed by atoms with Gasteiger partial charge in [0.2, 0.25) is 11.8 Å². The van der Waals surface area contributed by atoms with Crippen LogP contribution in [0.3, 0.4) is 0 Å². The van der Waals surface area contributed by atoms with Gasteiger partial charge in [0.1, 0.15) is 18.3 Å². The zero-order valence-electron chi connectivity index (χ0n) is 16.4. The number of aryl methyl sites for hydroxylation is 2. The van der Waals surface area contributed by atoms with Crippen LogP contribution in [0.4, 0.5) is 0 Å². The van der Waals surface area contributed by atoms with Gasteiger partial charge in [0.15, 0.2) is 0 Å². The van der Waals surface area contributed by atoms with Crippen LogP contribution in [0.5, 0.6) is 5.75 Å². The molecule has 0 bridgehead atoms. The molecule has 0 N–H and O–H groups in total. The van der Waals surface area contributed by atoms with Gasteiger partial charge >= 0.3 is 0 Å². The van der Waals surface area contributed by atoms with Crippen LogP contribution in [-0.2, 0) is 22.7 Å². The van der Waals surface area contributed by atoms with Crippen molar-refractivity contribution in [3.8, 4) is 5.75 Å². The lowest BCUT2D eigenvalue weighted by molar-refractivity contribution is -0.156. The summed E-state index contributed by atoms with van der Waals surface area (Å²) >= 11 is 0. The highest BCUT2D eigenvalue weighted by atomic mass is 16.5. The summed E-state index contributed by atoms with van der Waals surface area (Å²) in [5, 5.41) is 0. The Kier molecular flexibility index (Phi) is 5.49. The Bertz CT molecular complexity index is 825. The van der Waals surface area contributed by atoms with Crippen molar-refractivity contribution >= 4 is 11.8 Å². The number of amides is 2. The summed E-state index contributed by atoms with van der Waals surface area (Å²) in [6, 6.07) is 13.2. The Morgan fingerprint density at radius 3 is 2.22 bits per heavy atom. The maximum Gasteiger partial charge on any atom is 0.245 e. The van der Waals surface area contributed by atoms with Crippen LogP contribution in [-0.4, -0.2) is 41.3 Å². The van der Waals surface area contributed by atoms with E-state index in [0.29, 0.717) is 13.1 Å². The van der Waals surface area contributed by atoms with Gasteiger partial charge in [-0.15, -0.1) is 0 Å². The van der Waals surface area contributed by atoms with E-state index in [2.05, 4.69) is 0 Å². The minimum absolute atomic E-state index is 0.0155. The molecule has 1 heterocycles. The second-order valence-corrected chi connectivity index (χ2v) is 7.11. The van der Waals surface area contributed by atoms with E-state index in [1.54, 1.807) is 16.9 Å². The Labute approximate surface area is 160 Å². The SMILES string of the molecule is COc1ccc(CN2CC(=O)N(Cc3c(C)cccc3C)[C@@H](C)C2=O)cc1. The first-order valence-corrected chi connectivity index (χ1v) is 9.17. The van der Waals surface area contributed by atoms with E-state index < -0.39 is 6.04 Å². The summed E-state index contributed by atoms with van der Waals surface area (Å²) in [4.78, 5) is 29.0. The topological polar surface area (TPSA) is 49.9 Å². The summed E-state index contributed by atoms with van der Waals surface area (Å²) in [5.74, 6) is 0.739. The van der Waals surface area contributed by atoms with Crippen molar-refractivity contribution in [2.45, 2.75) is 39.9 Å². The zero-order valence-corrected chi connectivity index (χ0v) is 16.4. The monoisotopic (exact) mass is 366 g/mol. The molecule has 2 aromatic carbocycles. The number of nitrogens with zero attached hydrogens (tertiary/aromatic N) is 2. The molecule has 0 saturated carbocycles. The van der Waals surface area contributed by atoms with Gasteiger partial charge in [-0.25, -0.2) is 0 Å². The maximum atomic E-state index is 12.9. The molecule has 0 aromatic heterocycles. The van der Waals surface area contributed by atoms with Crippen molar-refractivity contribution in [3.05, 3.63) is 64.7 Å². The number of carbonyl (C=O) groups is 2. The van der Waals surface area contributed by atoms with Crippen molar-refractivity contribution in [3.63, 3.8) is 0 Å². The highest BCUT2D eigenvalue weighted by Crippen LogP contribution is 2.22. The standard InChI is InChI=1S/C22H26N2O3/c1-15-6-5-7-16(2)20(15)13-24-17(3)22(26)23(14-21(24)25)12-18-8-10-19(27-4)11-9-18/h5-11,17H,12-14H2,1-4H3/t17-/m0/s1. The number of carbonyl (C=O) groups excluding carboxylic acids is 2. The van der Waals surface area contributed by atoms with E-state index in [1.807, 2.05) is 63.2 Å². The molecular weight excluding hydrogens is 340 g/mol. The quantitative estimate of drug-likeness (QED) is 0.817. The molecular formula is C22H26N2O3. The Morgan fingerprint density at radius 2 is 1.63 bits per heavy atom. The van der Waals surface area contributed by atoms with Crippen molar-refractivity contribution < 1.29 is 14.3 Å². The Morgan fingerprint density at radius 1 is 1.00 bits per heavy atom. The predicted molar refractivity (Wildman–Crippen MR) is 104 cm³/mol. The average molecular weight is 366 g/mol. The lowest BCUT2D eigenvalue weighted by Crippen LogP contribution is -2.58. The molecule has 3 rings (SSSR count). The lowest BCUT2D eigenvalue weighted by Gasteiger charge is -2.39. The number of hydrogen-bond donors (Lipinski definition) is 0. The van der Waals surface area contributed by atoms with Crippen LogP contribution in [0.25, 0.3) is 0 Å². The smallest absolute Gasteiger partial charge is 0.245 e. The van der Waals surface area contributed by atoms with Gasteiger partial charge in [0.25, 0.3) is 0 Å². The van der Waals surface area contributed by atoms with Gasteiger partial charge < -0.3 is 14.5 Å². The van der Waals surface area contributed by atoms with Crippen molar-refractivity contribution in [1.82, 2.24) is 9.80 Å². The number of hydrogen-bond acceptors (Lipinski definition) is 3. The van der Waals surface area contributed by atoms with Gasteiger partial charge in [-0.2, -0.15) is 0 Å². The summed E-state index contributed by atoms with van der Waals surface area (Å²) in [7, 11) is 1.62. The van der Waals surface area contributed by atoms with Gasteiger partial charge in [-0.3, -0.25) is 9.59 Å². The first kappa shape index (κ1) is 19.0. The third-order valence-corrected chi connectivity index (χ3v) is 5.29. The molecule has 1 aliphatic heterocycles. The molecule has 1 saturated heterocycles. The summed E-state index contributed by atoms with van der Waals surface area (Å²) in [6.07, 6.45) is 0. The van der Waals surface area contributed by atoms with E-state index in [4.69, 9.17) is 4.74 Å². The van der Waals surface area contributed by atoms with E-state index in [0.717, 1.165) is 28.0 Å². The van der Waals surface area contributed by atoms with Gasteiger partial charge in [0.05, 0.1) is 7.11 Å². The second kappa shape index (κ2) is 7.82. The molecule has 1 aliphatic rings. The summed E-state index contributed by atoms with van der Waals surface area (Å²) in [5.41, 5.74) is 4.38. The largest absolute Gasteiger partial charge is 0.497 e. The van der Waals surface area contributed by atoms with Gasteiger partial charge in [-0.1, -0.05) is 30.3 Å². The molecule has 0 aliphatic carbocycles. The van der Waals surface area contributed by atoms with Crippen molar-refractivity contribution in [1.29, 1.82) is 0 Å². The fourth-order valence-corrected chi connectivity index (χ4v) is 3.52. The molecule has 0 radical (unpaired) electrons. The normalized spacial score (nSPS) is 17.4. The molecule has 0 spiro atoms. The van der Waals surface area contributed by atoms with Gasteiger partial charge in [-0.05, 0) is 55.2 Å². The van der Waals surface area contributed by atoms with Crippen LogP contribution in [0.2, 0.25) is 0 Å². The third-order valence-electron chi connectivity index (χ3n) is 5.29. The molecule has 5 heteroatoms. The predicted octanol–water partition coefficient (Wildman–Crippen LogP) is 3.07. The van der Waals surface area contributed by atoms with Crippen LogP contribution in [0, 0.1) is 13.8 Å². The molecule has 1 atom stereocenters. The fraction of sp³-hybridized carbons (Fsp3) is 0.364. The van der Waals surface area contributed by atoms with Crippen LogP contribution >= 0.6 is 0 Å². The summed E-state index contributed by atoms with van der Waals surface area (Å²) < 4.78 is 5.16. The first-order valence-electron chi connectivity index (χ1n) is 9.17.